The highest BCUT2D eigenvalue weighted by atomic mass is 16.5. The summed E-state index contributed by atoms with van der Waals surface area (Å²) in [5.41, 5.74) is 2.21. The Kier molecular flexibility index (Phi) is 7.39. The molecule has 0 aliphatic carbocycles. The Morgan fingerprint density at radius 3 is 2.49 bits per heavy atom. The topological polar surface area (TPSA) is 74.9 Å². The van der Waals surface area contributed by atoms with Gasteiger partial charge in [0.25, 0.3) is 0 Å². The maximum absolute atomic E-state index is 13.3. The molecule has 0 radical (unpaired) electrons. The molecule has 1 unspecified atom stereocenters. The quantitative estimate of drug-likeness (QED) is 0.519. The molecule has 1 atom stereocenters. The Morgan fingerprint density at radius 1 is 0.971 bits per heavy atom. The summed E-state index contributed by atoms with van der Waals surface area (Å²) in [5, 5.41) is 4.14. The van der Waals surface area contributed by atoms with Crippen LogP contribution in [0, 0.1) is 5.92 Å². The first kappa shape index (κ1) is 23.5. The molecular weight excluding hydrogens is 442 g/mol. The highest BCUT2D eigenvalue weighted by Crippen LogP contribution is 2.23. The number of methoxy groups -OCH3 is 1. The lowest BCUT2D eigenvalue weighted by Crippen LogP contribution is -2.52. The monoisotopic (exact) mass is 475 g/mol. The predicted molar refractivity (Wildman–Crippen MR) is 133 cm³/mol. The van der Waals surface area contributed by atoms with Crippen LogP contribution in [0.4, 0.5) is 0 Å². The van der Waals surface area contributed by atoms with Crippen LogP contribution in [0.3, 0.4) is 0 Å². The number of piperidine rings is 1. The van der Waals surface area contributed by atoms with E-state index >= 15 is 0 Å². The highest BCUT2D eigenvalue weighted by Gasteiger charge is 2.31. The molecule has 3 aromatic rings. The van der Waals surface area contributed by atoms with Crippen molar-refractivity contribution in [3.63, 3.8) is 0 Å². The molecule has 0 spiro atoms. The number of carbonyl (C=O) groups excluding carboxylic acids is 1. The lowest BCUT2D eigenvalue weighted by molar-refractivity contribution is -0.139. The van der Waals surface area contributed by atoms with Gasteiger partial charge in [-0.15, -0.1) is 0 Å². The number of amides is 1. The van der Waals surface area contributed by atoms with E-state index in [1.54, 1.807) is 7.11 Å². The molecule has 2 aromatic carbocycles. The number of nitrogens with zero attached hydrogens (tertiary/aromatic N) is 5. The van der Waals surface area contributed by atoms with Gasteiger partial charge in [0, 0.05) is 44.8 Å². The van der Waals surface area contributed by atoms with Crippen LogP contribution in [0.25, 0.3) is 11.4 Å². The molecule has 2 fully saturated rings. The van der Waals surface area contributed by atoms with Crippen molar-refractivity contribution >= 4 is 5.91 Å². The van der Waals surface area contributed by atoms with Crippen molar-refractivity contribution in [1.29, 1.82) is 0 Å². The first-order valence-corrected chi connectivity index (χ1v) is 12.4. The fourth-order valence-electron chi connectivity index (χ4n) is 4.99. The molecule has 0 saturated carbocycles. The van der Waals surface area contributed by atoms with E-state index in [9.17, 15) is 4.79 Å². The van der Waals surface area contributed by atoms with E-state index in [-0.39, 0.29) is 5.92 Å². The van der Waals surface area contributed by atoms with Gasteiger partial charge in [-0.3, -0.25) is 14.6 Å². The van der Waals surface area contributed by atoms with Crippen molar-refractivity contribution in [2.24, 2.45) is 5.92 Å². The molecule has 8 heteroatoms. The van der Waals surface area contributed by atoms with Crippen molar-refractivity contribution < 1.29 is 14.1 Å². The van der Waals surface area contributed by atoms with Crippen molar-refractivity contribution in [1.82, 2.24) is 24.8 Å². The minimum absolute atomic E-state index is 0.0356. The normalized spacial score (nSPS) is 19.6. The number of aromatic nitrogens is 2. The van der Waals surface area contributed by atoms with Gasteiger partial charge in [0.05, 0.1) is 19.6 Å². The lowest BCUT2D eigenvalue weighted by atomic mass is 9.96. The Labute approximate surface area is 206 Å². The van der Waals surface area contributed by atoms with Gasteiger partial charge < -0.3 is 14.2 Å². The van der Waals surface area contributed by atoms with Gasteiger partial charge in [-0.1, -0.05) is 35.5 Å². The first-order chi connectivity index (χ1) is 17.2. The zero-order chi connectivity index (χ0) is 24.0. The molecule has 35 heavy (non-hydrogen) atoms. The van der Waals surface area contributed by atoms with E-state index in [1.165, 1.54) is 5.56 Å². The molecule has 2 saturated heterocycles. The molecule has 1 aromatic heterocycles. The number of rotatable bonds is 7. The van der Waals surface area contributed by atoms with Crippen LogP contribution in [0.5, 0.6) is 5.75 Å². The van der Waals surface area contributed by atoms with Gasteiger partial charge >= 0.3 is 0 Å². The Hall–Kier alpha value is -3.23. The second-order valence-electron chi connectivity index (χ2n) is 9.40. The molecule has 0 N–H and O–H groups in total. The van der Waals surface area contributed by atoms with E-state index < -0.39 is 0 Å². The lowest BCUT2D eigenvalue weighted by Gasteiger charge is -2.38. The molecule has 2 aliphatic heterocycles. The third-order valence-electron chi connectivity index (χ3n) is 6.96. The number of hydrogen-bond donors (Lipinski definition) is 0. The smallest absolute Gasteiger partial charge is 0.241 e. The van der Waals surface area contributed by atoms with Crippen LogP contribution in [0.1, 0.15) is 24.3 Å². The number of hydrogen-bond acceptors (Lipinski definition) is 7. The minimum atomic E-state index is 0.0356. The summed E-state index contributed by atoms with van der Waals surface area (Å²) in [6.07, 6.45) is 1.95. The molecule has 3 heterocycles. The number of likely N-dealkylation sites (tertiary alicyclic amines) is 1. The van der Waals surface area contributed by atoms with Crippen molar-refractivity contribution in [2.75, 3.05) is 46.4 Å². The van der Waals surface area contributed by atoms with E-state index in [2.05, 4.69) is 49.1 Å². The van der Waals surface area contributed by atoms with E-state index in [1.807, 2.05) is 30.3 Å². The fraction of sp³-hybridized carbons (Fsp3) is 0.444. The molecule has 2 aliphatic rings. The second-order valence-corrected chi connectivity index (χ2v) is 9.40. The zero-order valence-corrected chi connectivity index (χ0v) is 20.3. The third-order valence-corrected chi connectivity index (χ3v) is 6.96. The summed E-state index contributed by atoms with van der Waals surface area (Å²) in [5.74, 6) is 2.27. The van der Waals surface area contributed by atoms with Crippen LogP contribution >= 0.6 is 0 Å². The fourth-order valence-corrected chi connectivity index (χ4v) is 4.99. The SMILES string of the molecule is COc1ccc(-c2noc(CN3CCCC(C(=O)N4CCN(Cc5ccccc5)CC4)C3)n2)cc1. The molecule has 8 nitrogen and oxygen atoms in total. The van der Waals surface area contributed by atoms with E-state index in [0.717, 1.165) is 70.0 Å². The maximum atomic E-state index is 13.3. The molecule has 0 bridgehead atoms. The van der Waals surface area contributed by atoms with Gasteiger partial charge in [0.15, 0.2) is 0 Å². The van der Waals surface area contributed by atoms with Gasteiger partial charge in [-0.2, -0.15) is 4.98 Å². The predicted octanol–water partition coefficient (Wildman–Crippen LogP) is 3.30. The Morgan fingerprint density at radius 2 is 1.74 bits per heavy atom. The van der Waals surface area contributed by atoms with Crippen LogP contribution < -0.4 is 4.74 Å². The first-order valence-electron chi connectivity index (χ1n) is 12.4. The largest absolute Gasteiger partial charge is 0.497 e. The van der Waals surface area contributed by atoms with Gasteiger partial charge in [-0.25, -0.2) is 0 Å². The van der Waals surface area contributed by atoms with Crippen LogP contribution in [-0.2, 0) is 17.9 Å². The van der Waals surface area contributed by atoms with Crippen LogP contribution in [0.2, 0.25) is 0 Å². The molecule has 1 amide bonds. The third kappa shape index (κ3) is 5.89. The summed E-state index contributed by atoms with van der Waals surface area (Å²) in [6, 6.07) is 18.1. The number of piperazine rings is 1. The Bertz CT molecular complexity index is 1090. The average molecular weight is 476 g/mol. The molecule has 5 rings (SSSR count). The van der Waals surface area contributed by atoms with E-state index in [0.29, 0.717) is 24.2 Å². The van der Waals surface area contributed by atoms with Gasteiger partial charge in [-0.05, 0) is 49.2 Å². The van der Waals surface area contributed by atoms with Crippen molar-refractivity contribution in [3.8, 4) is 17.1 Å². The zero-order valence-electron chi connectivity index (χ0n) is 20.3. The summed E-state index contributed by atoms with van der Waals surface area (Å²) in [6.45, 7) is 6.65. The maximum Gasteiger partial charge on any atom is 0.241 e. The van der Waals surface area contributed by atoms with Gasteiger partial charge in [0.2, 0.25) is 17.6 Å². The number of benzene rings is 2. The summed E-state index contributed by atoms with van der Waals surface area (Å²) in [7, 11) is 1.64. The number of ether oxygens (including phenoxy) is 1. The Balaban J connectivity index is 1.12. The van der Waals surface area contributed by atoms with E-state index in [4.69, 9.17) is 9.26 Å². The summed E-state index contributed by atoms with van der Waals surface area (Å²) in [4.78, 5) is 24.6. The highest BCUT2D eigenvalue weighted by molar-refractivity contribution is 5.79. The average Bonchev–Trinajstić information content (AvgIpc) is 3.38. The summed E-state index contributed by atoms with van der Waals surface area (Å²) >= 11 is 0. The molecular formula is C27H33N5O3. The standard InChI is InChI=1S/C27H33N5O3/c1-34-24-11-9-22(10-12-24)26-28-25(35-29-26)20-31-13-5-8-23(19-31)27(33)32-16-14-30(15-17-32)18-21-6-3-2-4-7-21/h2-4,6-7,9-12,23H,5,8,13-20H2,1H3. The van der Waals surface area contributed by atoms with Crippen molar-refractivity contribution in [2.45, 2.75) is 25.9 Å². The number of carbonyl (C=O) groups is 1. The van der Waals surface area contributed by atoms with Crippen molar-refractivity contribution in [3.05, 3.63) is 66.1 Å². The summed E-state index contributed by atoms with van der Waals surface area (Å²) < 4.78 is 10.7. The molecule has 184 valence electrons. The van der Waals surface area contributed by atoms with Crippen LogP contribution in [0.15, 0.2) is 59.1 Å². The second kappa shape index (κ2) is 11.0. The van der Waals surface area contributed by atoms with Gasteiger partial charge in [0.1, 0.15) is 5.75 Å². The van der Waals surface area contributed by atoms with Crippen LogP contribution in [-0.4, -0.2) is 77.1 Å². The minimum Gasteiger partial charge on any atom is -0.497 e.